The van der Waals surface area contributed by atoms with Gasteiger partial charge in [-0.25, -0.2) is 4.79 Å². The minimum Gasteiger partial charge on any atom is -0.497 e. The van der Waals surface area contributed by atoms with E-state index < -0.39 is 0 Å². The fraction of sp³-hybridized carbons (Fsp3) is 0.588. The zero-order valence-electron chi connectivity index (χ0n) is 13.4. The van der Waals surface area contributed by atoms with Gasteiger partial charge in [0.05, 0.1) is 7.11 Å². The Balaban J connectivity index is 1.60. The summed E-state index contributed by atoms with van der Waals surface area (Å²) >= 11 is 0. The normalized spacial score (nSPS) is 25.5. The number of hydrogen-bond donors (Lipinski definition) is 1. The summed E-state index contributed by atoms with van der Waals surface area (Å²) in [7, 11) is 1.64. The maximum atomic E-state index is 12.5. The van der Waals surface area contributed by atoms with E-state index in [2.05, 4.69) is 17.1 Å². The van der Waals surface area contributed by atoms with Gasteiger partial charge in [0.25, 0.3) is 0 Å². The average molecular weight is 303 g/mol. The van der Waals surface area contributed by atoms with Crippen LogP contribution in [0, 0.1) is 0 Å². The molecule has 0 saturated carbocycles. The van der Waals surface area contributed by atoms with Crippen LogP contribution in [-0.2, 0) is 0 Å². The van der Waals surface area contributed by atoms with Crippen LogP contribution in [-0.4, -0.2) is 54.7 Å². The molecule has 0 bridgehead atoms. The van der Waals surface area contributed by atoms with Crippen LogP contribution < -0.4 is 10.1 Å². The molecule has 22 heavy (non-hydrogen) atoms. The number of rotatable bonds is 2. The lowest BCUT2D eigenvalue weighted by atomic mass is 9.95. The Morgan fingerprint density at radius 3 is 2.64 bits per heavy atom. The maximum absolute atomic E-state index is 12.5. The van der Waals surface area contributed by atoms with E-state index in [1.807, 2.05) is 29.2 Å². The van der Waals surface area contributed by atoms with Crippen molar-refractivity contribution in [1.29, 1.82) is 0 Å². The number of carbonyl (C=O) groups is 1. The molecule has 2 saturated heterocycles. The number of amides is 2. The van der Waals surface area contributed by atoms with Gasteiger partial charge in [0.2, 0.25) is 0 Å². The topological polar surface area (TPSA) is 44.8 Å². The van der Waals surface area contributed by atoms with Crippen LogP contribution >= 0.6 is 0 Å². The smallest absolute Gasteiger partial charge is 0.321 e. The number of urea groups is 1. The number of hydrogen-bond acceptors (Lipinski definition) is 3. The molecule has 1 aromatic carbocycles. The molecule has 3 rings (SSSR count). The van der Waals surface area contributed by atoms with Gasteiger partial charge in [-0.1, -0.05) is 0 Å². The number of carbonyl (C=O) groups excluding carboxylic acids is 1. The molecule has 0 aliphatic carbocycles. The molecule has 1 aromatic rings. The Morgan fingerprint density at radius 1 is 1.23 bits per heavy atom. The van der Waals surface area contributed by atoms with E-state index >= 15 is 0 Å². The largest absolute Gasteiger partial charge is 0.497 e. The van der Waals surface area contributed by atoms with Crippen molar-refractivity contribution in [3.05, 3.63) is 24.3 Å². The van der Waals surface area contributed by atoms with Crippen molar-refractivity contribution in [3.8, 4) is 5.75 Å². The summed E-state index contributed by atoms with van der Waals surface area (Å²) < 4.78 is 5.14. The number of nitrogens with zero attached hydrogens (tertiary/aromatic N) is 2. The molecule has 1 N–H and O–H groups in total. The van der Waals surface area contributed by atoms with Gasteiger partial charge in [0.15, 0.2) is 0 Å². The highest BCUT2D eigenvalue weighted by Crippen LogP contribution is 2.26. The minimum absolute atomic E-state index is 0.00608. The van der Waals surface area contributed by atoms with Crippen molar-refractivity contribution in [2.45, 2.75) is 38.3 Å². The molecule has 2 unspecified atom stereocenters. The number of fused-ring (bicyclic) bond motifs is 1. The number of anilines is 1. The molecule has 5 nitrogen and oxygen atoms in total. The summed E-state index contributed by atoms with van der Waals surface area (Å²) in [5.74, 6) is 0.795. The molecule has 0 spiro atoms. The van der Waals surface area contributed by atoms with Crippen molar-refractivity contribution in [3.63, 3.8) is 0 Å². The third-order valence-electron chi connectivity index (χ3n) is 4.87. The van der Waals surface area contributed by atoms with E-state index in [4.69, 9.17) is 4.74 Å². The molecular formula is C17H25N3O2. The monoisotopic (exact) mass is 303 g/mol. The van der Waals surface area contributed by atoms with Crippen molar-refractivity contribution >= 4 is 11.7 Å². The molecular weight excluding hydrogens is 278 g/mol. The van der Waals surface area contributed by atoms with Crippen molar-refractivity contribution in [2.24, 2.45) is 0 Å². The van der Waals surface area contributed by atoms with Crippen LogP contribution in [0.25, 0.3) is 0 Å². The molecule has 0 radical (unpaired) electrons. The summed E-state index contributed by atoms with van der Waals surface area (Å²) in [6.45, 7) is 5.17. The Morgan fingerprint density at radius 2 is 2.00 bits per heavy atom. The predicted octanol–water partition coefficient (Wildman–Crippen LogP) is 2.79. The quantitative estimate of drug-likeness (QED) is 0.914. The Hall–Kier alpha value is -1.75. The Kier molecular flexibility index (Phi) is 4.52. The van der Waals surface area contributed by atoms with E-state index in [9.17, 15) is 4.79 Å². The highest BCUT2D eigenvalue weighted by atomic mass is 16.5. The molecule has 0 aromatic heterocycles. The van der Waals surface area contributed by atoms with Gasteiger partial charge in [-0.05, 0) is 50.5 Å². The molecule has 2 fully saturated rings. The first-order valence-corrected chi connectivity index (χ1v) is 8.13. The summed E-state index contributed by atoms with van der Waals surface area (Å²) in [5.41, 5.74) is 0.812. The van der Waals surface area contributed by atoms with Crippen LogP contribution in [0.4, 0.5) is 10.5 Å². The van der Waals surface area contributed by atoms with Gasteiger partial charge >= 0.3 is 6.03 Å². The summed E-state index contributed by atoms with van der Waals surface area (Å²) in [6, 6.07) is 8.67. The number of benzene rings is 1. The summed E-state index contributed by atoms with van der Waals surface area (Å²) in [5, 5.41) is 2.99. The summed E-state index contributed by atoms with van der Waals surface area (Å²) in [6.07, 6.45) is 3.44. The van der Waals surface area contributed by atoms with Crippen LogP contribution in [0.5, 0.6) is 5.75 Å². The molecule has 2 atom stereocenters. The zero-order valence-corrected chi connectivity index (χ0v) is 13.4. The second kappa shape index (κ2) is 6.57. The average Bonchev–Trinajstić information content (AvgIpc) is 2.49. The number of nitrogens with one attached hydrogen (secondary N) is 1. The van der Waals surface area contributed by atoms with Gasteiger partial charge in [-0.2, -0.15) is 0 Å². The zero-order chi connectivity index (χ0) is 15.5. The van der Waals surface area contributed by atoms with Gasteiger partial charge < -0.3 is 15.0 Å². The first kappa shape index (κ1) is 15.2. The predicted molar refractivity (Wildman–Crippen MR) is 87.4 cm³/mol. The van der Waals surface area contributed by atoms with E-state index in [1.165, 1.54) is 19.4 Å². The molecule has 2 amide bonds. The Bertz CT molecular complexity index is 517. The van der Waals surface area contributed by atoms with Gasteiger partial charge in [0, 0.05) is 37.4 Å². The first-order valence-electron chi connectivity index (χ1n) is 8.13. The van der Waals surface area contributed by atoms with E-state index in [0.717, 1.165) is 30.9 Å². The van der Waals surface area contributed by atoms with Crippen molar-refractivity contribution in [2.75, 3.05) is 32.1 Å². The van der Waals surface area contributed by atoms with Crippen LogP contribution in [0.1, 0.15) is 26.2 Å². The minimum atomic E-state index is 0.00608. The lowest BCUT2D eigenvalue weighted by Gasteiger charge is -2.48. The van der Waals surface area contributed by atoms with E-state index in [-0.39, 0.29) is 6.03 Å². The second-order valence-corrected chi connectivity index (χ2v) is 6.28. The third-order valence-corrected chi connectivity index (χ3v) is 4.87. The SMILES string of the molecule is COc1ccc(NC(=O)N2CCCC(C)N3CCC3C2)cc1. The fourth-order valence-corrected chi connectivity index (χ4v) is 3.39. The number of methoxy groups -OCH3 is 1. The van der Waals surface area contributed by atoms with Crippen molar-refractivity contribution < 1.29 is 9.53 Å². The van der Waals surface area contributed by atoms with Crippen LogP contribution in [0.3, 0.4) is 0 Å². The van der Waals surface area contributed by atoms with Gasteiger partial charge in [-0.3, -0.25) is 4.90 Å². The molecule has 2 heterocycles. The highest BCUT2D eigenvalue weighted by molar-refractivity contribution is 5.89. The second-order valence-electron chi connectivity index (χ2n) is 6.28. The van der Waals surface area contributed by atoms with E-state index in [0.29, 0.717) is 12.1 Å². The van der Waals surface area contributed by atoms with Crippen molar-refractivity contribution in [1.82, 2.24) is 9.80 Å². The maximum Gasteiger partial charge on any atom is 0.321 e. The lowest BCUT2D eigenvalue weighted by molar-refractivity contribution is 0.0152. The third kappa shape index (κ3) is 3.19. The molecule has 5 heteroatoms. The number of ether oxygens (including phenoxy) is 1. The highest BCUT2D eigenvalue weighted by Gasteiger charge is 2.35. The fourth-order valence-electron chi connectivity index (χ4n) is 3.39. The van der Waals surface area contributed by atoms with Crippen LogP contribution in [0.2, 0.25) is 0 Å². The summed E-state index contributed by atoms with van der Waals surface area (Å²) in [4.78, 5) is 17.0. The lowest BCUT2D eigenvalue weighted by Crippen LogP contribution is -2.59. The Labute approximate surface area is 132 Å². The van der Waals surface area contributed by atoms with Crippen LogP contribution in [0.15, 0.2) is 24.3 Å². The molecule has 2 aliphatic heterocycles. The van der Waals surface area contributed by atoms with Gasteiger partial charge in [-0.15, -0.1) is 0 Å². The van der Waals surface area contributed by atoms with Gasteiger partial charge in [0.1, 0.15) is 5.75 Å². The molecule has 2 aliphatic rings. The first-order chi connectivity index (χ1) is 10.7. The standard InChI is InChI=1S/C17H25N3O2/c1-13-4-3-10-19(12-15-9-11-20(13)15)17(21)18-14-5-7-16(22-2)8-6-14/h5-8,13,15H,3-4,9-12H2,1-2H3,(H,18,21). The van der Waals surface area contributed by atoms with E-state index in [1.54, 1.807) is 7.11 Å². The molecule has 120 valence electrons.